The van der Waals surface area contributed by atoms with Crippen molar-refractivity contribution in [1.29, 1.82) is 0 Å². The van der Waals surface area contributed by atoms with Crippen LogP contribution in [0.3, 0.4) is 0 Å². The number of imidazole rings is 1. The van der Waals surface area contributed by atoms with Crippen molar-refractivity contribution in [3.05, 3.63) is 12.5 Å². The fourth-order valence-corrected chi connectivity index (χ4v) is 3.07. The molecule has 18 heavy (non-hydrogen) atoms. The molecule has 7 nitrogen and oxygen atoms in total. The van der Waals surface area contributed by atoms with Crippen molar-refractivity contribution in [3.8, 4) is 0 Å². The molecule has 2 N–H and O–H groups in total. The quantitative estimate of drug-likeness (QED) is 0.749. The van der Waals surface area contributed by atoms with Gasteiger partial charge in [0.2, 0.25) is 0 Å². The molecule has 102 valence electrons. The van der Waals surface area contributed by atoms with Gasteiger partial charge in [-0.05, 0) is 6.92 Å². The first kappa shape index (κ1) is 13.5. The van der Waals surface area contributed by atoms with E-state index in [-0.39, 0.29) is 11.1 Å². The number of morpholine rings is 1. The first-order chi connectivity index (χ1) is 8.58. The molecule has 1 fully saturated rings. The van der Waals surface area contributed by atoms with Gasteiger partial charge in [-0.1, -0.05) is 0 Å². The van der Waals surface area contributed by atoms with Crippen LogP contribution in [0, 0.1) is 0 Å². The molecule has 0 bridgehead atoms. The van der Waals surface area contributed by atoms with Gasteiger partial charge in [0, 0.05) is 25.7 Å². The van der Waals surface area contributed by atoms with Crippen molar-refractivity contribution in [2.45, 2.75) is 18.0 Å². The largest absolute Gasteiger partial charge is 0.379 e. The van der Waals surface area contributed by atoms with Crippen LogP contribution >= 0.6 is 0 Å². The fraction of sp³-hybridized carbons (Fsp3) is 0.700. The molecule has 1 aliphatic rings. The molecule has 2 heterocycles. The van der Waals surface area contributed by atoms with Crippen LogP contribution in [0.1, 0.15) is 6.92 Å². The highest BCUT2D eigenvalue weighted by Crippen LogP contribution is 2.05. The Labute approximate surface area is 107 Å². The number of hydrogen-bond acceptors (Lipinski definition) is 5. The summed E-state index contributed by atoms with van der Waals surface area (Å²) in [6.45, 7) is 5.63. The van der Waals surface area contributed by atoms with E-state index in [1.54, 1.807) is 0 Å². The summed E-state index contributed by atoms with van der Waals surface area (Å²) in [5.41, 5.74) is 0. The summed E-state index contributed by atoms with van der Waals surface area (Å²) in [4.78, 5) is 8.49. The maximum atomic E-state index is 11.9. The standard InChI is InChI=1S/C10H18N4O3S/c1-9(7-14-2-4-17-5-3-14)13-18(15,16)10-6-11-8-12-10/h6,8-9,13H,2-5,7H2,1H3,(H,11,12). The Morgan fingerprint density at radius 3 is 2.89 bits per heavy atom. The van der Waals surface area contributed by atoms with Crippen LogP contribution in [0.4, 0.5) is 0 Å². The first-order valence-electron chi connectivity index (χ1n) is 5.89. The van der Waals surface area contributed by atoms with Crippen LogP contribution in [-0.4, -0.2) is 62.2 Å². The van der Waals surface area contributed by atoms with Crippen molar-refractivity contribution < 1.29 is 13.2 Å². The minimum atomic E-state index is -3.49. The lowest BCUT2D eigenvalue weighted by molar-refractivity contribution is 0.0354. The minimum Gasteiger partial charge on any atom is -0.379 e. The molecular weight excluding hydrogens is 256 g/mol. The molecule has 0 radical (unpaired) electrons. The van der Waals surface area contributed by atoms with E-state index in [1.807, 2.05) is 6.92 Å². The van der Waals surface area contributed by atoms with Gasteiger partial charge in [-0.2, -0.15) is 0 Å². The Bertz CT molecular complexity index is 453. The molecule has 1 aromatic heterocycles. The van der Waals surface area contributed by atoms with Gasteiger partial charge in [0.15, 0.2) is 5.03 Å². The van der Waals surface area contributed by atoms with E-state index in [9.17, 15) is 8.42 Å². The summed E-state index contributed by atoms with van der Waals surface area (Å²) in [7, 11) is -3.49. The minimum absolute atomic E-state index is 0.0938. The molecule has 0 aliphatic carbocycles. The maximum Gasteiger partial charge on any atom is 0.257 e. The summed E-state index contributed by atoms with van der Waals surface area (Å²) < 4.78 is 31.7. The number of aromatic nitrogens is 2. The monoisotopic (exact) mass is 274 g/mol. The molecule has 0 aromatic carbocycles. The number of H-pyrrole nitrogens is 1. The Hall–Kier alpha value is -0.960. The molecule has 0 saturated carbocycles. The number of nitrogens with one attached hydrogen (secondary N) is 2. The average Bonchev–Trinajstić information content (AvgIpc) is 2.83. The normalized spacial score (nSPS) is 19.8. The molecular formula is C10H18N4O3S. The van der Waals surface area contributed by atoms with Crippen LogP contribution in [0.2, 0.25) is 0 Å². The molecule has 1 aromatic rings. The van der Waals surface area contributed by atoms with Crippen molar-refractivity contribution in [3.63, 3.8) is 0 Å². The lowest BCUT2D eigenvalue weighted by atomic mass is 10.3. The van der Waals surface area contributed by atoms with Crippen molar-refractivity contribution in [2.24, 2.45) is 0 Å². The highest BCUT2D eigenvalue weighted by molar-refractivity contribution is 7.89. The topological polar surface area (TPSA) is 87.3 Å². The number of nitrogens with zero attached hydrogens (tertiary/aromatic N) is 2. The molecule has 1 unspecified atom stereocenters. The smallest absolute Gasteiger partial charge is 0.257 e. The number of hydrogen-bond donors (Lipinski definition) is 2. The van der Waals surface area contributed by atoms with E-state index in [2.05, 4.69) is 19.6 Å². The van der Waals surface area contributed by atoms with Gasteiger partial charge in [-0.3, -0.25) is 4.90 Å². The molecule has 8 heteroatoms. The van der Waals surface area contributed by atoms with E-state index in [0.717, 1.165) is 13.1 Å². The summed E-state index contributed by atoms with van der Waals surface area (Å²) >= 11 is 0. The Morgan fingerprint density at radius 2 is 2.28 bits per heavy atom. The van der Waals surface area contributed by atoms with Crippen LogP contribution < -0.4 is 4.72 Å². The average molecular weight is 274 g/mol. The molecule has 0 amide bonds. The zero-order valence-electron chi connectivity index (χ0n) is 10.3. The van der Waals surface area contributed by atoms with Gasteiger partial charge in [-0.25, -0.2) is 18.1 Å². The van der Waals surface area contributed by atoms with E-state index in [1.165, 1.54) is 12.5 Å². The van der Waals surface area contributed by atoms with Crippen LogP contribution in [0.5, 0.6) is 0 Å². The predicted molar refractivity (Wildman–Crippen MR) is 65.6 cm³/mol. The summed E-state index contributed by atoms with van der Waals surface area (Å²) in [6.07, 6.45) is 2.64. The van der Waals surface area contributed by atoms with Crippen molar-refractivity contribution in [1.82, 2.24) is 19.6 Å². The van der Waals surface area contributed by atoms with Gasteiger partial charge < -0.3 is 9.72 Å². The number of ether oxygens (including phenoxy) is 1. The second-order valence-electron chi connectivity index (χ2n) is 4.35. The lowest BCUT2D eigenvalue weighted by Gasteiger charge is -2.29. The third-order valence-electron chi connectivity index (χ3n) is 2.75. The number of sulfonamides is 1. The van der Waals surface area contributed by atoms with Gasteiger partial charge in [-0.15, -0.1) is 0 Å². The summed E-state index contributed by atoms with van der Waals surface area (Å²) in [5, 5.41) is 0.0938. The van der Waals surface area contributed by atoms with Gasteiger partial charge >= 0.3 is 0 Å². The van der Waals surface area contributed by atoms with Crippen LogP contribution in [0.15, 0.2) is 17.6 Å². The number of rotatable bonds is 5. The highest BCUT2D eigenvalue weighted by Gasteiger charge is 2.21. The number of aromatic amines is 1. The fourth-order valence-electron chi connectivity index (χ4n) is 1.93. The second kappa shape index (κ2) is 5.79. The third kappa shape index (κ3) is 3.52. The maximum absolute atomic E-state index is 11.9. The molecule has 1 aliphatic heterocycles. The molecule has 1 saturated heterocycles. The third-order valence-corrected chi connectivity index (χ3v) is 4.27. The van der Waals surface area contributed by atoms with Crippen LogP contribution in [-0.2, 0) is 14.8 Å². The van der Waals surface area contributed by atoms with Crippen LogP contribution in [0.25, 0.3) is 0 Å². The second-order valence-corrected chi connectivity index (χ2v) is 6.03. The van der Waals surface area contributed by atoms with Crippen molar-refractivity contribution >= 4 is 10.0 Å². The highest BCUT2D eigenvalue weighted by atomic mass is 32.2. The Morgan fingerprint density at radius 1 is 1.56 bits per heavy atom. The first-order valence-corrected chi connectivity index (χ1v) is 7.37. The van der Waals surface area contributed by atoms with E-state index in [4.69, 9.17) is 4.74 Å². The SMILES string of the molecule is CC(CN1CCOCC1)NS(=O)(=O)c1cnc[nH]1. The Balaban J connectivity index is 1.88. The van der Waals surface area contributed by atoms with Gasteiger partial charge in [0.1, 0.15) is 0 Å². The van der Waals surface area contributed by atoms with Crippen molar-refractivity contribution in [2.75, 3.05) is 32.8 Å². The molecule has 2 rings (SSSR count). The van der Waals surface area contributed by atoms with E-state index in [0.29, 0.717) is 19.8 Å². The Kier molecular flexibility index (Phi) is 4.33. The van der Waals surface area contributed by atoms with Gasteiger partial charge in [0.25, 0.3) is 10.0 Å². The van der Waals surface area contributed by atoms with Gasteiger partial charge in [0.05, 0.1) is 25.7 Å². The summed E-state index contributed by atoms with van der Waals surface area (Å²) in [5.74, 6) is 0. The molecule has 1 atom stereocenters. The predicted octanol–water partition coefficient (Wildman–Crippen LogP) is -0.591. The molecule has 0 spiro atoms. The lowest BCUT2D eigenvalue weighted by Crippen LogP contribution is -2.45. The zero-order valence-corrected chi connectivity index (χ0v) is 11.1. The van der Waals surface area contributed by atoms with E-state index < -0.39 is 10.0 Å². The zero-order chi connectivity index (χ0) is 13.0. The summed E-state index contributed by atoms with van der Waals surface area (Å²) in [6, 6.07) is -0.156. The van der Waals surface area contributed by atoms with E-state index >= 15 is 0 Å².